The zero-order chi connectivity index (χ0) is 19.2. The molecule has 2 saturated heterocycles. The van der Waals surface area contributed by atoms with Crippen molar-refractivity contribution in [3.8, 4) is 5.75 Å². The molecule has 6 nitrogen and oxygen atoms in total. The number of carboxylic acid groups (broad SMARTS) is 1. The second kappa shape index (κ2) is 9.22. The largest absolute Gasteiger partial charge is 0.494 e. The molecular weight excluding hydrogens is 344 g/mol. The number of likely N-dealkylation sites (tertiary alicyclic amines) is 2. The van der Waals surface area contributed by atoms with Crippen molar-refractivity contribution in [1.29, 1.82) is 0 Å². The van der Waals surface area contributed by atoms with Gasteiger partial charge < -0.3 is 14.7 Å². The maximum atomic E-state index is 12.7. The Kier molecular flexibility index (Phi) is 6.72. The second-order valence-electron chi connectivity index (χ2n) is 7.41. The molecule has 0 radical (unpaired) electrons. The van der Waals surface area contributed by atoms with Crippen LogP contribution < -0.4 is 4.74 Å². The average molecular weight is 374 g/mol. The van der Waals surface area contributed by atoms with Crippen molar-refractivity contribution in [3.63, 3.8) is 0 Å². The lowest BCUT2D eigenvalue weighted by atomic mass is 9.92. The van der Waals surface area contributed by atoms with E-state index in [0.29, 0.717) is 31.0 Å². The van der Waals surface area contributed by atoms with E-state index in [9.17, 15) is 14.7 Å². The van der Waals surface area contributed by atoms with E-state index >= 15 is 0 Å². The number of para-hydroxylation sites is 1. The Morgan fingerprint density at radius 3 is 2.41 bits per heavy atom. The summed E-state index contributed by atoms with van der Waals surface area (Å²) in [7, 11) is 0. The van der Waals surface area contributed by atoms with Crippen LogP contribution in [-0.2, 0) is 9.59 Å². The summed E-state index contributed by atoms with van der Waals surface area (Å²) in [6.07, 6.45) is 4.84. The van der Waals surface area contributed by atoms with Gasteiger partial charge >= 0.3 is 5.97 Å². The van der Waals surface area contributed by atoms with E-state index in [0.717, 1.165) is 38.8 Å². The van der Waals surface area contributed by atoms with Crippen LogP contribution in [0.2, 0.25) is 0 Å². The summed E-state index contributed by atoms with van der Waals surface area (Å²) in [4.78, 5) is 28.8. The summed E-state index contributed by atoms with van der Waals surface area (Å²) < 4.78 is 5.65. The lowest BCUT2D eigenvalue weighted by Crippen LogP contribution is -2.46. The molecule has 6 heteroatoms. The van der Waals surface area contributed by atoms with Crippen molar-refractivity contribution in [3.05, 3.63) is 29.8 Å². The van der Waals surface area contributed by atoms with E-state index in [-0.39, 0.29) is 11.8 Å². The maximum absolute atomic E-state index is 12.7. The van der Waals surface area contributed by atoms with Gasteiger partial charge in [0.1, 0.15) is 11.8 Å². The molecule has 3 rings (SSSR count). The van der Waals surface area contributed by atoms with Crippen LogP contribution >= 0.6 is 0 Å². The molecule has 1 N–H and O–H groups in total. The monoisotopic (exact) mass is 374 g/mol. The van der Waals surface area contributed by atoms with Crippen LogP contribution in [0.15, 0.2) is 24.3 Å². The van der Waals surface area contributed by atoms with Gasteiger partial charge in [-0.15, -0.1) is 0 Å². The van der Waals surface area contributed by atoms with Gasteiger partial charge in [-0.05, 0) is 45.1 Å². The first-order valence-electron chi connectivity index (χ1n) is 10.1. The minimum atomic E-state index is -0.872. The lowest BCUT2D eigenvalue weighted by molar-refractivity contribution is -0.145. The fourth-order valence-corrected chi connectivity index (χ4v) is 4.26. The van der Waals surface area contributed by atoms with Crippen molar-refractivity contribution in [1.82, 2.24) is 9.80 Å². The molecule has 2 heterocycles. The number of nitrogens with zero attached hydrogens (tertiary/aromatic N) is 2. The molecule has 27 heavy (non-hydrogen) atoms. The molecule has 2 fully saturated rings. The van der Waals surface area contributed by atoms with Crippen LogP contribution in [-0.4, -0.2) is 59.6 Å². The number of aliphatic carboxylic acids is 1. The maximum Gasteiger partial charge on any atom is 0.325 e. The van der Waals surface area contributed by atoms with Crippen LogP contribution in [0.3, 0.4) is 0 Å². The highest BCUT2D eigenvalue weighted by atomic mass is 16.5. The minimum absolute atomic E-state index is 0.0240. The number of piperidine rings is 2. The quantitative estimate of drug-likeness (QED) is 0.829. The van der Waals surface area contributed by atoms with Crippen molar-refractivity contribution in [2.45, 2.75) is 45.1 Å². The van der Waals surface area contributed by atoms with Crippen LogP contribution in [0.25, 0.3) is 0 Å². The summed E-state index contributed by atoms with van der Waals surface area (Å²) in [5.41, 5.74) is 0.688. The zero-order valence-electron chi connectivity index (χ0n) is 16.1. The van der Waals surface area contributed by atoms with Gasteiger partial charge in [-0.3, -0.25) is 14.5 Å². The molecule has 1 atom stereocenters. The smallest absolute Gasteiger partial charge is 0.325 e. The normalized spacial score (nSPS) is 20.3. The molecule has 1 amide bonds. The Balaban J connectivity index is 1.67. The Labute approximate surface area is 161 Å². The van der Waals surface area contributed by atoms with Gasteiger partial charge in [0.05, 0.1) is 6.61 Å². The minimum Gasteiger partial charge on any atom is -0.494 e. The molecule has 2 aliphatic rings. The Morgan fingerprint density at radius 1 is 1.11 bits per heavy atom. The summed E-state index contributed by atoms with van der Waals surface area (Å²) in [5.74, 6) is 0.0359. The van der Waals surface area contributed by atoms with Gasteiger partial charge in [0.15, 0.2) is 0 Å². The fraction of sp³-hybridized carbons (Fsp3) is 0.619. The molecule has 148 valence electrons. The standard InChI is InChI=1S/C21H30N2O4/c1-2-27-18-9-5-4-8-17(18)19(21(25)26)22-14-10-16(11-15-22)20(24)23-12-6-3-7-13-23/h4-5,8-9,16,19H,2-3,6-7,10-15H2,1H3,(H,25,26)/t19-/m0/s1. The molecule has 0 saturated carbocycles. The van der Waals surface area contributed by atoms with Crippen LogP contribution in [0.1, 0.15) is 50.6 Å². The number of hydrogen-bond acceptors (Lipinski definition) is 4. The fourth-order valence-electron chi connectivity index (χ4n) is 4.26. The number of rotatable bonds is 6. The van der Waals surface area contributed by atoms with Crippen molar-refractivity contribution < 1.29 is 19.4 Å². The predicted octanol–water partition coefficient (Wildman–Crippen LogP) is 2.94. The Morgan fingerprint density at radius 2 is 1.78 bits per heavy atom. The second-order valence-corrected chi connectivity index (χ2v) is 7.41. The highest BCUT2D eigenvalue weighted by Crippen LogP contribution is 2.33. The third kappa shape index (κ3) is 4.61. The molecule has 0 spiro atoms. The van der Waals surface area contributed by atoms with Crippen molar-refractivity contribution in [2.75, 3.05) is 32.8 Å². The van der Waals surface area contributed by atoms with Crippen molar-refractivity contribution in [2.24, 2.45) is 5.92 Å². The van der Waals surface area contributed by atoms with Gasteiger partial charge in [0, 0.05) is 37.7 Å². The van der Waals surface area contributed by atoms with Gasteiger partial charge in [-0.25, -0.2) is 0 Å². The number of carbonyl (C=O) groups is 2. The van der Waals surface area contributed by atoms with Crippen LogP contribution in [0.4, 0.5) is 0 Å². The summed E-state index contributed by atoms with van der Waals surface area (Å²) >= 11 is 0. The van der Waals surface area contributed by atoms with Crippen molar-refractivity contribution >= 4 is 11.9 Å². The SMILES string of the molecule is CCOc1ccccc1[C@@H](C(=O)O)N1CCC(C(=O)N2CCCCC2)CC1. The Bertz CT molecular complexity index is 649. The molecule has 0 aromatic heterocycles. The summed E-state index contributed by atoms with van der Waals surface area (Å²) in [5, 5.41) is 9.88. The number of amides is 1. The first-order chi connectivity index (χ1) is 13.1. The number of carbonyl (C=O) groups excluding carboxylic acids is 1. The molecule has 2 aliphatic heterocycles. The van der Waals surface area contributed by atoms with E-state index in [1.165, 1.54) is 6.42 Å². The molecule has 0 bridgehead atoms. The molecule has 1 aromatic carbocycles. The summed E-state index contributed by atoms with van der Waals surface area (Å²) in [6.45, 7) is 5.36. The van der Waals surface area contributed by atoms with Gasteiger partial charge in [-0.2, -0.15) is 0 Å². The highest BCUT2D eigenvalue weighted by molar-refractivity contribution is 5.79. The third-order valence-corrected chi connectivity index (χ3v) is 5.66. The average Bonchev–Trinajstić information content (AvgIpc) is 2.70. The van der Waals surface area contributed by atoms with Crippen LogP contribution in [0, 0.1) is 5.92 Å². The number of hydrogen-bond donors (Lipinski definition) is 1. The number of carboxylic acids is 1. The molecule has 1 aromatic rings. The topological polar surface area (TPSA) is 70.1 Å². The Hall–Kier alpha value is -2.08. The van der Waals surface area contributed by atoms with Gasteiger partial charge in [0.2, 0.25) is 5.91 Å². The van der Waals surface area contributed by atoms with E-state index < -0.39 is 12.0 Å². The van der Waals surface area contributed by atoms with E-state index in [4.69, 9.17) is 4.74 Å². The highest BCUT2D eigenvalue weighted by Gasteiger charge is 2.35. The molecule has 0 aliphatic carbocycles. The lowest BCUT2D eigenvalue weighted by Gasteiger charge is -2.38. The van der Waals surface area contributed by atoms with E-state index in [1.54, 1.807) is 0 Å². The predicted molar refractivity (Wildman–Crippen MR) is 103 cm³/mol. The molecule has 0 unspecified atom stereocenters. The van der Waals surface area contributed by atoms with Gasteiger partial charge in [0.25, 0.3) is 0 Å². The molecular formula is C21H30N2O4. The van der Waals surface area contributed by atoms with Gasteiger partial charge in [-0.1, -0.05) is 18.2 Å². The van der Waals surface area contributed by atoms with E-state index in [2.05, 4.69) is 0 Å². The first kappa shape index (κ1) is 19.7. The van der Waals surface area contributed by atoms with E-state index in [1.807, 2.05) is 41.0 Å². The third-order valence-electron chi connectivity index (χ3n) is 5.66. The van der Waals surface area contributed by atoms with Crippen LogP contribution in [0.5, 0.6) is 5.75 Å². The summed E-state index contributed by atoms with van der Waals surface area (Å²) in [6, 6.07) is 6.62. The first-order valence-corrected chi connectivity index (χ1v) is 10.1. The number of ether oxygens (including phenoxy) is 1. The zero-order valence-corrected chi connectivity index (χ0v) is 16.1. The number of benzene rings is 1.